The summed E-state index contributed by atoms with van der Waals surface area (Å²) in [4.78, 5) is 0. The fraction of sp³-hybridized carbons (Fsp3) is 1.00. The van der Waals surface area contributed by atoms with E-state index in [1.165, 1.54) is 17.3 Å². The zero-order chi connectivity index (χ0) is 12.9. The molecule has 1 rings (SSSR count). The molecule has 1 fully saturated rings. The van der Waals surface area contributed by atoms with Gasteiger partial charge in [0.15, 0.2) is 9.84 Å². The van der Waals surface area contributed by atoms with Gasteiger partial charge in [-0.05, 0) is 20.8 Å². The summed E-state index contributed by atoms with van der Waals surface area (Å²) in [5.74, 6) is 3.89. The Hall–Kier alpha value is 0.610. The van der Waals surface area contributed by atoms with Crippen LogP contribution in [0.1, 0.15) is 20.8 Å². The van der Waals surface area contributed by atoms with Crippen LogP contribution in [0.25, 0.3) is 0 Å². The summed E-state index contributed by atoms with van der Waals surface area (Å²) in [6, 6.07) is 0. The minimum Gasteiger partial charge on any atom is -0.315 e. The molecule has 1 aliphatic rings. The van der Waals surface area contributed by atoms with E-state index < -0.39 is 14.6 Å². The summed E-state index contributed by atoms with van der Waals surface area (Å²) in [5, 5.41) is 3.91. The van der Waals surface area contributed by atoms with Crippen molar-refractivity contribution in [2.24, 2.45) is 0 Å². The van der Waals surface area contributed by atoms with Crippen molar-refractivity contribution in [2.75, 3.05) is 36.1 Å². The second-order valence-corrected chi connectivity index (χ2v) is 10.6. The number of sulfone groups is 1. The summed E-state index contributed by atoms with van der Waals surface area (Å²) in [5.41, 5.74) is 0. The molecule has 0 bridgehead atoms. The van der Waals surface area contributed by atoms with E-state index in [0.717, 1.165) is 6.54 Å². The van der Waals surface area contributed by atoms with E-state index in [4.69, 9.17) is 0 Å². The van der Waals surface area contributed by atoms with Gasteiger partial charge >= 0.3 is 0 Å². The number of hydrogen-bond acceptors (Lipinski definition) is 5. The zero-order valence-electron chi connectivity index (χ0n) is 10.9. The third-order valence-electron chi connectivity index (χ3n) is 2.74. The first-order valence-electron chi connectivity index (χ1n) is 5.95. The Kier molecular flexibility index (Phi) is 6.16. The summed E-state index contributed by atoms with van der Waals surface area (Å²) < 4.78 is 23.1. The smallest absolute Gasteiger partial charge is 0.156 e. The molecule has 0 aromatic rings. The summed E-state index contributed by atoms with van der Waals surface area (Å²) in [6.45, 7) is 6.78. The Morgan fingerprint density at radius 1 is 1.29 bits per heavy atom. The second kappa shape index (κ2) is 6.68. The predicted octanol–water partition coefficient (Wildman–Crippen LogP) is 1.64. The van der Waals surface area contributed by atoms with E-state index in [1.54, 1.807) is 20.8 Å². The van der Waals surface area contributed by atoms with E-state index in [1.807, 2.05) is 23.5 Å². The van der Waals surface area contributed by atoms with Gasteiger partial charge in [-0.2, -0.15) is 23.5 Å². The molecule has 17 heavy (non-hydrogen) atoms. The molecule has 0 radical (unpaired) electrons. The zero-order valence-corrected chi connectivity index (χ0v) is 13.3. The van der Waals surface area contributed by atoms with Gasteiger partial charge in [0.25, 0.3) is 0 Å². The van der Waals surface area contributed by atoms with Crippen LogP contribution >= 0.6 is 23.5 Å². The normalized spacial score (nSPS) is 22.6. The molecular weight excluding hydrogens is 274 g/mol. The lowest BCUT2D eigenvalue weighted by Gasteiger charge is -2.22. The van der Waals surface area contributed by atoms with Crippen molar-refractivity contribution in [2.45, 2.75) is 30.8 Å². The maximum Gasteiger partial charge on any atom is 0.156 e. The summed E-state index contributed by atoms with van der Waals surface area (Å²) in [7, 11) is -2.98. The van der Waals surface area contributed by atoms with Crippen molar-refractivity contribution in [3.05, 3.63) is 0 Å². The van der Waals surface area contributed by atoms with Gasteiger partial charge in [-0.3, -0.25) is 0 Å². The SMILES string of the molecule is CC(C)(C)S(=O)(=O)CCNCC1CSCCS1. The molecule has 0 aromatic heterocycles. The minimum absolute atomic E-state index is 0.237. The average molecular weight is 298 g/mol. The molecule has 1 N–H and O–H groups in total. The van der Waals surface area contributed by atoms with Crippen molar-refractivity contribution in [3.8, 4) is 0 Å². The molecule has 3 nitrogen and oxygen atoms in total. The Bertz CT molecular complexity index is 316. The molecule has 1 heterocycles. The molecule has 102 valence electrons. The molecule has 0 spiro atoms. The number of thioether (sulfide) groups is 2. The van der Waals surface area contributed by atoms with Crippen molar-refractivity contribution >= 4 is 33.4 Å². The Labute approximate surface area is 114 Å². The van der Waals surface area contributed by atoms with Crippen molar-refractivity contribution < 1.29 is 8.42 Å². The second-order valence-electron chi connectivity index (χ2n) is 5.20. The van der Waals surface area contributed by atoms with E-state index in [9.17, 15) is 8.42 Å². The molecule has 1 saturated heterocycles. The lowest BCUT2D eigenvalue weighted by Crippen LogP contribution is -2.37. The van der Waals surface area contributed by atoms with Gasteiger partial charge < -0.3 is 5.32 Å². The average Bonchev–Trinajstić information content (AvgIpc) is 2.24. The summed E-state index contributed by atoms with van der Waals surface area (Å²) in [6.07, 6.45) is 0. The third-order valence-corrected chi connectivity index (χ3v) is 8.19. The third kappa shape index (κ3) is 5.41. The maximum absolute atomic E-state index is 11.9. The Morgan fingerprint density at radius 2 is 2.00 bits per heavy atom. The van der Waals surface area contributed by atoms with Crippen LogP contribution in [0.2, 0.25) is 0 Å². The predicted molar refractivity (Wildman–Crippen MR) is 80.0 cm³/mol. The van der Waals surface area contributed by atoms with E-state index in [-0.39, 0.29) is 5.75 Å². The first-order valence-corrected chi connectivity index (χ1v) is 9.81. The molecule has 1 unspecified atom stereocenters. The van der Waals surface area contributed by atoms with Gasteiger partial charge in [0, 0.05) is 35.6 Å². The van der Waals surface area contributed by atoms with Crippen LogP contribution in [-0.4, -0.2) is 54.5 Å². The lowest BCUT2D eigenvalue weighted by atomic mass is 10.3. The first kappa shape index (κ1) is 15.7. The summed E-state index contributed by atoms with van der Waals surface area (Å²) >= 11 is 3.99. The van der Waals surface area contributed by atoms with Crippen LogP contribution < -0.4 is 5.32 Å². The fourth-order valence-electron chi connectivity index (χ4n) is 1.43. The maximum atomic E-state index is 11.9. The Morgan fingerprint density at radius 3 is 2.53 bits per heavy atom. The van der Waals surface area contributed by atoms with E-state index in [0.29, 0.717) is 11.8 Å². The molecule has 0 aromatic carbocycles. The lowest BCUT2D eigenvalue weighted by molar-refractivity contribution is 0.556. The quantitative estimate of drug-likeness (QED) is 0.782. The van der Waals surface area contributed by atoms with Gasteiger partial charge in [0.1, 0.15) is 0 Å². The minimum atomic E-state index is -2.98. The molecule has 0 aliphatic carbocycles. The molecule has 0 saturated carbocycles. The highest BCUT2D eigenvalue weighted by Crippen LogP contribution is 2.23. The van der Waals surface area contributed by atoms with Crippen LogP contribution in [0.3, 0.4) is 0 Å². The number of nitrogens with one attached hydrogen (secondary N) is 1. The molecule has 0 amide bonds. The first-order chi connectivity index (χ1) is 7.83. The van der Waals surface area contributed by atoms with Crippen LogP contribution in [0.4, 0.5) is 0 Å². The van der Waals surface area contributed by atoms with Crippen LogP contribution in [-0.2, 0) is 9.84 Å². The van der Waals surface area contributed by atoms with Crippen molar-refractivity contribution in [1.29, 1.82) is 0 Å². The van der Waals surface area contributed by atoms with Gasteiger partial charge in [0.05, 0.1) is 10.5 Å². The highest BCUT2D eigenvalue weighted by atomic mass is 32.2. The highest BCUT2D eigenvalue weighted by molar-refractivity contribution is 8.06. The Balaban J connectivity index is 2.19. The molecule has 6 heteroatoms. The van der Waals surface area contributed by atoms with Gasteiger partial charge in [-0.1, -0.05) is 0 Å². The van der Waals surface area contributed by atoms with Gasteiger partial charge in [0.2, 0.25) is 0 Å². The molecule has 1 atom stereocenters. The molecular formula is C11H23NO2S3. The van der Waals surface area contributed by atoms with Crippen LogP contribution in [0.5, 0.6) is 0 Å². The standard InChI is InChI=1S/C11H23NO2S3/c1-11(2,3)17(13,14)7-4-12-8-10-9-15-5-6-16-10/h10,12H,4-9H2,1-3H3. The van der Waals surface area contributed by atoms with Crippen LogP contribution in [0, 0.1) is 0 Å². The molecule has 1 aliphatic heterocycles. The number of rotatable bonds is 5. The van der Waals surface area contributed by atoms with Crippen LogP contribution in [0.15, 0.2) is 0 Å². The topological polar surface area (TPSA) is 46.2 Å². The van der Waals surface area contributed by atoms with E-state index >= 15 is 0 Å². The van der Waals surface area contributed by atoms with E-state index in [2.05, 4.69) is 5.32 Å². The van der Waals surface area contributed by atoms with Gasteiger partial charge in [-0.25, -0.2) is 8.42 Å². The van der Waals surface area contributed by atoms with Gasteiger partial charge in [-0.15, -0.1) is 0 Å². The largest absolute Gasteiger partial charge is 0.315 e. The van der Waals surface area contributed by atoms with Crippen molar-refractivity contribution in [3.63, 3.8) is 0 Å². The van der Waals surface area contributed by atoms with Crippen molar-refractivity contribution in [1.82, 2.24) is 5.32 Å². The fourth-order valence-corrected chi connectivity index (χ4v) is 5.10. The highest BCUT2D eigenvalue weighted by Gasteiger charge is 2.28. The monoisotopic (exact) mass is 297 g/mol. The number of hydrogen-bond donors (Lipinski definition) is 1.